The third kappa shape index (κ3) is 3.05. The summed E-state index contributed by atoms with van der Waals surface area (Å²) in [5.41, 5.74) is 0. The van der Waals surface area contributed by atoms with E-state index in [2.05, 4.69) is 15.3 Å². The first-order valence-corrected chi connectivity index (χ1v) is 5.78. The summed E-state index contributed by atoms with van der Waals surface area (Å²) in [5.74, 6) is 0.545. The number of hydrogen-bond acceptors (Lipinski definition) is 4. The van der Waals surface area contributed by atoms with Crippen molar-refractivity contribution in [3.8, 4) is 0 Å². The van der Waals surface area contributed by atoms with Gasteiger partial charge in [0.25, 0.3) is 0 Å². The van der Waals surface area contributed by atoms with Gasteiger partial charge in [-0.2, -0.15) is 0 Å². The van der Waals surface area contributed by atoms with Gasteiger partial charge in [0.2, 0.25) is 5.95 Å². The molecular formula is C11H16N4O2. The number of nitrogens with one attached hydrogen (secondary N) is 1. The normalized spacial score (nSPS) is 20.0. The van der Waals surface area contributed by atoms with Gasteiger partial charge in [-0.05, 0) is 25.3 Å². The third-order valence-electron chi connectivity index (χ3n) is 2.93. The molecule has 17 heavy (non-hydrogen) atoms. The SMILES string of the molecule is O=C(O)N1CCCCC1CNc1ncccn1. The quantitative estimate of drug-likeness (QED) is 0.829. The molecule has 1 fully saturated rings. The average Bonchev–Trinajstić information content (AvgIpc) is 2.38. The molecule has 1 saturated heterocycles. The number of rotatable bonds is 3. The first kappa shape index (κ1) is 11.6. The molecule has 2 heterocycles. The molecule has 1 amide bonds. The lowest BCUT2D eigenvalue weighted by atomic mass is 10.0. The Bertz CT molecular complexity index is 371. The minimum absolute atomic E-state index is 0.0186. The zero-order valence-electron chi connectivity index (χ0n) is 9.54. The maximum Gasteiger partial charge on any atom is 0.407 e. The molecule has 1 unspecified atom stereocenters. The van der Waals surface area contributed by atoms with E-state index in [0.29, 0.717) is 19.0 Å². The van der Waals surface area contributed by atoms with Crippen molar-refractivity contribution in [2.75, 3.05) is 18.4 Å². The predicted molar refractivity (Wildman–Crippen MR) is 62.9 cm³/mol. The molecule has 2 rings (SSSR count). The lowest BCUT2D eigenvalue weighted by molar-refractivity contribution is 0.110. The molecule has 1 atom stereocenters. The number of likely N-dealkylation sites (tertiary alicyclic amines) is 1. The van der Waals surface area contributed by atoms with Gasteiger partial charge in [-0.1, -0.05) is 0 Å². The van der Waals surface area contributed by atoms with E-state index in [1.54, 1.807) is 18.5 Å². The van der Waals surface area contributed by atoms with Crippen molar-refractivity contribution in [1.29, 1.82) is 0 Å². The monoisotopic (exact) mass is 236 g/mol. The summed E-state index contributed by atoms with van der Waals surface area (Å²) in [6.07, 6.45) is 5.39. The van der Waals surface area contributed by atoms with Crippen LogP contribution in [-0.4, -0.2) is 45.2 Å². The maximum absolute atomic E-state index is 11.0. The van der Waals surface area contributed by atoms with Gasteiger partial charge in [0, 0.05) is 25.5 Å². The van der Waals surface area contributed by atoms with E-state index < -0.39 is 6.09 Å². The first-order chi connectivity index (χ1) is 8.27. The van der Waals surface area contributed by atoms with Gasteiger partial charge < -0.3 is 15.3 Å². The van der Waals surface area contributed by atoms with Crippen molar-refractivity contribution < 1.29 is 9.90 Å². The van der Waals surface area contributed by atoms with Gasteiger partial charge in [-0.3, -0.25) is 0 Å². The minimum atomic E-state index is -0.842. The van der Waals surface area contributed by atoms with Crippen molar-refractivity contribution in [1.82, 2.24) is 14.9 Å². The van der Waals surface area contributed by atoms with Gasteiger partial charge in [0.05, 0.1) is 6.04 Å². The fourth-order valence-corrected chi connectivity index (χ4v) is 2.06. The molecule has 0 saturated carbocycles. The van der Waals surface area contributed by atoms with Crippen molar-refractivity contribution in [2.45, 2.75) is 25.3 Å². The van der Waals surface area contributed by atoms with Crippen LogP contribution < -0.4 is 5.32 Å². The third-order valence-corrected chi connectivity index (χ3v) is 2.93. The van der Waals surface area contributed by atoms with Crippen LogP contribution in [0.5, 0.6) is 0 Å². The Labute approximate surface area is 99.7 Å². The average molecular weight is 236 g/mol. The van der Waals surface area contributed by atoms with E-state index >= 15 is 0 Å². The lowest BCUT2D eigenvalue weighted by Gasteiger charge is -2.33. The van der Waals surface area contributed by atoms with Crippen LogP contribution in [0.25, 0.3) is 0 Å². The van der Waals surface area contributed by atoms with Gasteiger partial charge in [0.15, 0.2) is 0 Å². The second kappa shape index (κ2) is 5.47. The molecule has 0 aromatic carbocycles. The molecule has 6 nitrogen and oxygen atoms in total. The Morgan fingerprint density at radius 2 is 2.24 bits per heavy atom. The highest BCUT2D eigenvalue weighted by atomic mass is 16.4. The van der Waals surface area contributed by atoms with Crippen LogP contribution in [0.1, 0.15) is 19.3 Å². The molecule has 1 aromatic rings. The van der Waals surface area contributed by atoms with Gasteiger partial charge in [-0.15, -0.1) is 0 Å². The van der Waals surface area contributed by atoms with Crippen molar-refractivity contribution >= 4 is 12.0 Å². The molecule has 92 valence electrons. The molecule has 0 bridgehead atoms. The number of piperidine rings is 1. The fourth-order valence-electron chi connectivity index (χ4n) is 2.06. The van der Waals surface area contributed by atoms with Gasteiger partial charge in [0.1, 0.15) is 0 Å². The molecule has 1 aliphatic rings. The summed E-state index contributed by atoms with van der Waals surface area (Å²) in [4.78, 5) is 20.6. The Morgan fingerprint density at radius 1 is 1.47 bits per heavy atom. The maximum atomic E-state index is 11.0. The Balaban J connectivity index is 1.90. The summed E-state index contributed by atoms with van der Waals surface area (Å²) < 4.78 is 0. The van der Waals surface area contributed by atoms with Gasteiger partial charge >= 0.3 is 6.09 Å². The fraction of sp³-hybridized carbons (Fsp3) is 0.545. The van der Waals surface area contributed by atoms with Crippen LogP contribution >= 0.6 is 0 Å². The van der Waals surface area contributed by atoms with E-state index in [0.717, 1.165) is 19.3 Å². The molecule has 1 aromatic heterocycles. The standard InChI is InChI=1S/C11H16N4O2/c16-11(17)15-7-2-1-4-9(15)8-14-10-12-5-3-6-13-10/h3,5-6,9H,1-2,4,7-8H2,(H,16,17)(H,12,13,14). The number of anilines is 1. The van der Waals surface area contributed by atoms with E-state index in [9.17, 15) is 4.79 Å². The van der Waals surface area contributed by atoms with E-state index in [4.69, 9.17) is 5.11 Å². The number of carboxylic acid groups (broad SMARTS) is 1. The highest BCUT2D eigenvalue weighted by Crippen LogP contribution is 2.17. The zero-order valence-corrected chi connectivity index (χ0v) is 9.54. The van der Waals surface area contributed by atoms with Crippen LogP contribution in [0.15, 0.2) is 18.5 Å². The summed E-state index contributed by atoms with van der Waals surface area (Å²) in [6.45, 7) is 1.19. The van der Waals surface area contributed by atoms with Crippen molar-refractivity contribution in [3.05, 3.63) is 18.5 Å². The highest BCUT2D eigenvalue weighted by molar-refractivity contribution is 5.65. The first-order valence-electron chi connectivity index (χ1n) is 5.78. The Morgan fingerprint density at radius 3 is 2.94 bits per heavy atom. The Kier molecular flexibility index (Phi) is 3.74. The Hall–Kier alpha value is -1.85. The minimum Gasteiger partial charge on any atom is -0.465 e. The number of amides is 1. The van der Waals surface area contributed by atoms with E-state index in [-0.39, 0.29) is 6.04 Å². The largest absolute Gasteiger partial charge is 0.465 e. The number of hydrogen-bond donors (Lipinski definition) is 2. The smallest absolute Gasteiger partial charge is 0.407 e. The molecule has 0 radical (unpaired) electrons. The molecule has 2 N–H and O–H groups in total. The lowest BCUT2D eigenvalue weighted by Crippen LogP contribution is -2.46. The predicted octanol–water partition coefficient (Wildman–Crippen LogP) is 1.42. The number of carbonyl (C=O) groups is 1. The zero-order chi connectivity index (χ0) is 12.1. The van der Waals surface area contributed by atoms with Crippen molar-refractivity contribution in [3.63, 3.8) is 0 Å². The summed E-state index contributed by atoms with van der Waals surface area (Å²) in [7, 11) is 0. The molecular weight excluding hydrogens is 220 g/mol. The summed E-state index contributed by atoms with van der Waals surface area (Å²) in [5, 5.41) is 12.1. The molecule has 0 spiro atoms. The van der Waals surface area contributed by atoms with E-state index in [1.165, 1.54) is 4.90 Å². The topological polar surface area (TPSA) is 78.4 Å². The number of aromatic nitrogens is 2. The van der Waals surface area contributed by atoms with E-state index in [1.807, 2.05) is 0 Å². The molecule has 1 aliphatic heterocycles. The van der Waals surface area contributed by atoms with Crippen LogP contribution in [0.4, 0.5) is 10.7 Å². The highest BCUT2D eigenvalue weighted by Gasteiger charge is 2.25. The van der Waals surface area contributed by atoms with Crippen LogP contribution in [-0.2, 0) is 0 Å². The number of nitrogens with zero attached hydrogens (tertiary/aromatic N) is 3. The second-order valence-electron chi connectivity index (χ2n) is 4.08. The molecule has 6 heteroatoms. The summed E-state index contributed by atoms with van der Waals surface area (Å²) in [6, 6.07) is 1.76. The van der Waals surface area contributed by atoms with Crippen molar-refractivity contribution in [2.24, 2.45) is 0 Å². The van der Waals surface area contributed by atoms with Crippen LogP contribution in [0, 0.1) is 0 Å². The molecule has 0 aliphatic carbocycles. The van der Waals surface area contributed by atoms with Crippen LogP contribution in [0.3, 0.4) is 0 Å². The second-order valence-corrected chi connectivity index (χ2v) is 4.08. The summed E-state index contributed by atoms with van der Waals surface area (Å²) >= 11 is 0. The van der Waals surface area contributed by atoms with Crippen LogP contribution in [0.2, 0.25) is 0 Å². The van der Waals surface area contributed by atoms with Gasteiger partial charge in [-0.25, -0.2) is 14.8 Å².